The van der Waals surface area contributed by atoms with E-state index in [0.29, 0.717) is 5.57 Å². The fraction of sp³-hybridized carbons (Fsp3) is 0.429. The number of nitrogens with zero attached hydrogens (tertiary/aromatic N) is 3. The summed E-state index contributed by atoms with van der Waals surface area (Å²) in [5, 5.41) is 2.30. The molecule has 21 heavy (non-hydrogen) atoms. The van der Waals surface area contributed by atoms with Gasteiger partial charge in [-0.05, 0) is 32.9 Å². The van der Waals surface area contributed by atoms with Gasteiger partial charge in [0.1, 0.15) is 12.3 Å². The van der Waals surface area contributed by atoms with Gasteiger partial charge in [0.05, 0.1) is 6.54 Å². The van der Waals surface area contributed by atoms with Gasteiger partial charge in [0.15, 0.2) is 11.6 Å². The minimum absolute atomic E-state index is 0.00142. The molecule has 0 aliphatic carbocycles. The Hall–Kier alpha value is -2.18. The van der Waals surface area contributed by atoms with Crippen molar-refractivity contribution in [2.45, 2.75) is 26.4 Å². The Morgan fingerprint density at radius 2 is 2.19 bits per heavy atom. The summed E-state index contributed by atoms with van der Waals surface area (Å²) in [6, 6.07) is 2.66. The molecule has 0 saturated carbocycles. The highest BCUT2D eigenvalue weighted by atomic mass is 19.1. The number of rotatable bonds is 2. The van der Waals surface area contributed by atoms with Crippen molar-refractivity contribution < 1.29 is 18.3 Å². The normalized spacial score (nSPS) is 15.2. The Morgan fingerprint density at radius 3 is 2.76 bits per heavy atom. The second-order valence-electron chi connectivity index (χ2n) is 5.61. The summed E-state index contributed by atoms with van der Waals surface area (Å²) in [6.07, 6.45) is 2.06. The second kappa shape index (κ2) is 5.67. The number of ether oxygens (including phenoxy) is 1. The minimum Gasteiger partial charge on any atom is -0.442 e. The zero-order valence-electron chi connectivity index (χ0n) is 12.1. The van der Waals surface area contributed by atoms with E-state index in [1.807, 2.05) is 0 Å². The molecule has 0 fully saturated rings. The van der Waals surface area contributed by atoms with Crippen molar-refractivity contribution in [2.24, 2.45) is 0 Å². The van der Waals surface area contributed by atoms with Gasteiger partial charge in [-0.1, -0.05) is 0 Å². The molecule has 0 atom stereocenters. The van der Waals surface area contributed by atoms with Crippen LogP contribution in [0.2, 0.25) is 0 Å². The molecule has 2 heterocycles. The van der Waals surface area contributed by atoms with Crippen LogP contribution in [0.25, 0.3) is 0 Å². The highest BCUT2D eigenvalue weighted by molar-refractivity contribution is 5.73. The molecule has 114 valence electrons. The van der Waals surface area contributed by atoms with Crippen LogP contribution >= 0.6 is 0 Å². The third-order valence-electron chi connectivity index (χ3n) is 2.65. The molecule has 1 amide bonds. The molecule has 1 aliphatic rings. The van der Waals surface area contributed by atoms with Crippen molar-refractivity contribution in [1.82, 2.24) is 9.99 Å². The smallest absolute Gasteiger partial charge is 0.429 e. The maximum atomic E-state index is 13.8. The topological polar surface area (TPSA) is 45.7 Å². The molecule has 0 saturated heterocycles. The van der Waals surface area contributed by atoms with Crippen molar-refractivity contribution in [3.8, 4) is 0 Å². The number of hydrogen-bond acceptors (Lipinski definition) is 4. The van der Waals surface area contributed by atoms with E-state index in [-0.39, 0.29) is 12.4 Å². The van der Waals surface area contributed by atoms with Crippen LogP contribution in [0.1, 0.15) is 20.8 Å². The van der Waals surface area contributed by atoms with Crippen LogP contribution in [-0.4, -0.2) is 34.9 Å². The number of anilines is 1. The lowest BCUT2D eigenvalue weighted by Gasteiger charge is -2.30. The first-order valence-corrected chi connectivity index (χ1v) is 6.47. The lowest BCUT2D eigenvalue weighted by Crippen LogP contribution is -2.44. The number of alkyl halides is 1. The van der Waals surface area contributed by atoms with E-state index < -0.39 is 24.2 Å². The fourth-order valence-corrected chi connectivity index (χ4v) is 1.82. The molecule has 1 aromatic rings. The van der Waals surface area contributed by atoms with Crippen LogP contribution in [-0.2, 0) is 4.74 Å². The predicted octanol–water partition coefficient (Wildman–Crippen LogP) is 3.05. The van der Waals surface area contributed by atoms with Crippen LogP contribution in [0.4, 0.5) is 19.4 Å². The fourth-order valence-electron chi connectivity index (χ4n) is 1.82. The maximum Gasteiger partial charge on any atom is 0.429 e. The Morgan fingerprint density at radius 1 is 1.48 bits per heavy atom. The third-order valence-corrected chi connectivity index (χ3v) is 2.65. The summed E-state index contributed by atoms with van der Waals surface area (Å²) in [5.41, 5.74) is -0.366. The number of halogens is 2. The first-order chi connectivity index (χ1) is 9.81. The van der Waals surface area contributed by atoms with Gasteiger partial charge in [0.25, 0.3) is 0 Å². The van der Waals surface area contributed by atoms with Crippen LogP contribution < -0.4 is 5.01 Å². The van der Waals surface area contributed by atoms with E-state index in [0.717, 1.165) is 5.01 Å². The third kappa shape index (κ3) is 3.48. The van der Waals surface area contributed by atoms with Crippen LogP contribution in [0.3, 0.4) is 0 Å². The van der Waals surface area contributed by atoms with Gasteiger partial charge < -0.3 is 4.74 Å². The van der Waals surface area contributed by atoms with Crippen molar-refractivity contribution in [2.75, 3.05) is 18.2 Å². The summed E-state index contributed by atoms with van der Waals surface area (Å²) >= 11 is 0. The van der Waals surface area contributed by atoms with Gasteiger partial charge in [0, 0.05) is 18.0 Å². The van der Waals surface area contributed by atoms with Crippen molar-refractivity contribution in [3.05, 3.63) is 35.9 Å². The Bertz CT molecular complexity index is 570. The van der Waals surface area contributed by atoms with Crippen LogP contribution in [0.5, 0.6) is 0 Å². The minimum atomic E-state index is -0.732. The van der Waals surface area contributed by atoms with E-state index in [1.54, 1.807) is 20.8 Å². The monoisotopic (exact) mass is 297 g/mol. The summed E-state index contributed by atoms with van der Waals surface area (Å²) < 4.78 is 32.0. The SMILES string of the molecule is CC(C)(C)OC(=O)N1CC(CF)=CN1c1ncccc1F. The number of hydrogen-bond donors (Lipinski definition) is 0. The lowest BCUT2D eigenvalue weighted by molar-refractivity contribution is 0.0276. The summed E-state index contributed by atoms with van der Waals surface area (Å²) in [7, 11) is 0. The molecule has 0 unspecified atom stereocenters. The number of pyridine rings is 1. The molecular weight excluding hydrogens is 280 g/mol. The average molecular weight is 297 g/mol. The number of aromatic nitrogens is 1. The highest BCUT2D eigenvalue weighted by Crippen LogP contribution is 2.26. The van der Waals surface area contributed by atoms with E-state index in [2.05, 4.69) is 4.98 Å². The number of hydrazine groups is 1. The standard InChI is InChI=1S/C14H17F2N3O2/c1-14(2,3)21-13(20)19-9-10(7-15)8-18(19)12-11(16)5-4-6-17-12/h4-6,8H,7,9H2,1-3H3. The van der Waals surface area contributed by atoms with Crippen molar-refractivity contribution in [1.29, 1.82) is 0 Å². The van der Waals surface area contributed by atoms with Crippen LogP contribution in [0, 0.1) is 5.82 Å². The molecule has 0 aromatic carbocycles. The van der Waals surface area contributed by atoms with E-state index in [4.69, 9.17) is 4.74 Å². The van der Waals surface area contributed by atoms with Gasteiger partial charge in [-0.25, -0.2) is 28.6 Å². The van der Waals surface area contributed by atoms with Gasteiger partial charge in [-0.3, -0.25) is 0 Å². The molecule has 5 nitrogen and oxygen atoms in total. The van der Waals surface area contributed by atoms with Gasteiger partial charge >= 0.3 is 6.09 Å². The first kappa shape index (κ1) is 15.2. The van der Waals surface area contributed by atoms with E-state index >= 15 is 0 Å². The summed E-state index contributed by atoms with van der Waals surface area (Å²) in [4.78, 5) is 16.1. The Kier molecular flexibility index (Phi) is 4.11. The maximum absolute atomic E-state index is 13.8. The molecule has 0 bridgehead atoms. The summed E-state index contributed by atoms with van der Waals surface area (Å²) in [5.74, 6) is -0.686. The Labute approximate surface area is 121 Å². The molecular formula is C14H17F2N3O2. The molecule has 1 aliphatic heterocycles. The van der Waals surface area contributed by atoms with Gasteiger partial charge in [-0.2, -0.15) is 0 Å². The van der Waals surface area contributed by atoms with E-state index in [9.17, 15) is 13.6 Å². The molecule has 0 N–H and O–H groups in total. The average Bonchev–Trinajstić information content (AvgIpc) is 2.81. The molecule has 2 rings (SSSR count). The Balaban J connectivity index is 2.29. The second-order valence-corrected chi connectivity index (χ2v) is 5.61. The number of carbonyl (C=O) groups excluding carboxylic acids is 1. The van der Waals surface area contributed by atoms with Crippen molar-refractivity contribution in [3.63, 3.8) is 0 Å². The first-order valence-electron chi connectivity index (χ1n) is 6.47. The molecule has 1 aromatic heterocycles. The molecule has 7 heteroatoms. The van der Waals surface area contributed by atoms with Crippen molar-refractivity contribution >= 4 is 11.9 Å². The largest absolute Gasteiger partial charge is 0.442 e. The lowest BCUT2D eigenvalue weighted by atomic mass is 10.2. The molecule has 0 radical (unpaired) electrons. The summed E-state index contributed by atoms with van der Waals surface area (Å²) in [6.45, 7) is 4.42. The van der Waals surface area contributed by atoms with Gasteiger partial charge in [-0.15, -0.1) is 0 Å². The van der Waals surface area contributed by atoms with Crippen LogP contribution in [0.15, 0.2) is 30.1 Å². The quantitative estimate of drug-likeness (QED) is 0.841. The number of amides is 1. The highest BCUT2D eigenvalue weighted by Gasteiger charge is 2.33. The van der Waals surface area contributed by atoms with Gasteiger partial charge in [0.2, 0.25) is 0 Å². The zero-order chi connectivity index (χ0) is 15.6. The zero-order valence-corrected chi connectivity index (χ0v) is 12.1. The number of carbonyl (C=O) groups is 1. The van der Waals surface area contributed by atoms with E-state index in [1.165, 1.54) is 29.5 Å². The predicted molar refractivity (Wildman–Crippen MR) is 73.7 cm³/mol. The molecule has 0 spiro atoms.